The van der Waals surface area contributed by atoms with Gasteiger partial charge in [0.15, 0.2) is 11.5 Å². The van der Waals surface area contributed by atoms with E-state index in [-0.39, 0.29) is 16.9 Å². The molecule has 4 aliphatic rings. The number of aliphatic hydroxyl groups excluding tert-OH is 2. The number of aryl methyl sites for hydroxylation is 1. The van der Waals surface area contributed by atoms with E-state index in [2.05, 4.69) is 37.0 Å². The molecule has 0 aliphatic heterocycles. The van der Waals surface area contributed by atoms with E-state index in [0.29, 0.717) is 24.4 Å². The minimum atomic E-state index is -0.417. The number of fused-ring (bicyclic) bond motifs is 5. The molecule has 0 amide bonds. The number of allylic oxidation sites excluding steroid dienone is 1. The van der Waals surface area contributed by atoms with E-state index in [1.807, 2.05) is 29.2 Å². The van der Waals surface area contributed by atoms with Crippen molar-refractivity contribution >= 4 is 6.08 Å². The SMILES string of the molecule is COc1cc(/C=C2/C[C@H]3[C@@H]4CC=C5C[C@@H](O)CC[C@]5(C)[C@H]4CC[C@]3(C)[C@H]2O)ccc1OCCCn1ccnc1. The third kappa shape index (κ3) is 4.74. The van der Waals surface area contributed by atoms with Gasteiger partial charge in [0.25, 0.3) is 0 Å². The number of benzene rings is 1. The highest BCUT2D eigenvalue weighted by Gasteiger charge is 2.59. The maximum Gasteiger partial charge on any atom is 0.161 e. The van der Waals surface area contributed by atoms with Gasteiger partial charge in [0.1, 0.15) is 0 Å². The lowest BCUT2D eigenvalue weighted by Gasteiger charge is -2.57. The van der Waals surface area contributed by atoms with Gasteiger partial charge in [-0.05, 0) is 97.8 Å². The number of hydrogen-bond acceptors (Lipinski definition) is 5. The average Bonchev–Trinajstić information content (AvgIpc) is 3.54. The van der Waals surface area contributed by atoms with E-state index in [9.17, 15) is 10.2 Å². The zero-order chi connectivity index (χ0) is 27.2. The highest BCUT2D eigenvalue weighted by Crippen LogP contribution is 2.65. The van der Waals surface area contributed by atoms with E-state index in [1.54, 1.807) is 13.3 Å². The lowest BCUT2D eigenvalue weighted by Crippen LogP contribution is -2.51. The first-order valence-corrected chi connectivity index (χ1v) is 14.8. The van der Waals surface area contributed by atoms with Crippen molar-refractivity contribution in [1.82, 2.24) is 9.55 Å². The van der Waals surface area contributed by atoms with Crippen LogP contribution < -0.4 is 9.47 Å². The maximum atomic E-state index is 11.6. The number of imidazole rings is 1. The van der Waals surface area contributed by atoms with Crippen LogP contribution in [0.15, 0.2) is 54.1 Å². The Kier molecular flexibility index (Phi) is 7.13. The Morgan fingerprint density at radius 2 is 1.97 bits per heavy atom. The summed E-state index contributed by atoms with van der Waals surface area (Å²) in [5.41, 5.74) is 3.83. The Morgan fingerprint density at radius 3 is 2.77 bits per heavy atom. The van der Waals surface area contributed by atoms with Crippen LogP contribution in [-0.4, -0.2) is 45.7 Å². The van der Waals surface area contributed by atoms with Crippen LogP contribution in [-0.2, 0) is 6.54 Å². The van der Waals surface area contributed by atoms with Crippen LogP contribution in [0.5, 0.6) is 11.5 Å². The van der Waals surface area contributed by atoms with Gasteiger partial charge in [-0.15, -0.1) is 0 Å². The van der Waals surface area contributed by atoms with Crippen LogP contribution in [0, 0.1) is 28.6 Å². The van der Waals surface area contributed by atoms with Gasteiger partial charge in [-0.25, -0.2) is 4.98 Å². The second-order valence-electron chi connectivity index (χ2n) is 12.9. The standard InChI is InChI=1S/C33H44N2O4/c1-32-11-9-25(36)20-24(32)6-7-26-27(32)10-12-33(2)28(26)19-23(31(33)37)17-22-5-8-29(30(18-22)38-3)39-16-4-14-35-15-13-34-21-35/h5-6,8,13,15,17-18,21,25-28,31,36-37H,4,7,9-12,14,16,19-20H2,1-3H3/b23-17-/t25-,26+,27-,28-,31-,32-,33-/m0/s1. The highest BCUT2D eigenvalue weighted by molar-refractivity contribution is 5.60. The Labute approximate surface area is 232 Å². The van der Waals surface area contributed by atoms with Crippen LogP contribution in [0.3, 0.4) is 0 Å². The maximum absolute atomic E-state index is 11.6. The molecule has 0 saturated heterocycles. The van der Waals surface area contributed by atoms with Gasteiger partial charge in [0.05, 0.1) is 32.3 Å². The molecule has 2 N–H and O–H groups in total. The smallest absolute Gasteiger partial charge is 0.161 e. The van der Waals surface area contributed by atoms with Crippen molar-refractivity contribution in [2.45, 2.75) is 84.0 Å². The van der Waals surface area contributed by atoms with E-state index in [4.69, 9.17) is 9.47 Å². The van der Waals surface area contributed by atoms with Crippen molar-refractivity contribution in [3.05, 3.63) is 59.7 Å². The van der Waals surface area contributed by atoms with Gasteiger partial charge in [-0.2, -0.15) is 0 Å². The first kappa shape index (κ1) is 26.6. The van der Waals surface area contributed by atoms with Crippen molar-refractivity contribution in [3.63, 3.8) is 0 Å². The molecule has 6 heteroatoms. The lowest BCUT2D eigenvalue weighted by atomic mass is 9.48. The van der Waals surface area contributed by atoms with E-state index in [0.717, 1.165) is 74.1 Å². The predicted octanol–water partition coefficient (Wildman–Crippen LogP) is 6.04. The summed E-state index contributed by atoms with van der Waals surface area (Å²) in [5.74, 6) is 3.21. The van der Waals surface area contributed by atoms with Crippen molar-refractivity contribution in [2.24, 2.45) is 28.6 Å². The summed E-state index contributed by atoms with van der Waals surface area (Å²) in [4.78, 5) is 4.08. The van der Waals surface area contributed by atoms with Crippen molar-refractivity contribution in [1.29, 1.82) is 0 Å². The molecule has 1 aromatic heterocycles. The minimum Gasteiger partial charge on any atom is -0.493 e. The molecule has 7 atom stereocenters. The highest BCUT2D eigenvalue weighted by atomic mass is 16.5. The van der Waals surface area contributed by atoms with Gasteiger partial charge >= 0.3 is 0 Å². The summed E-state index contributed by atoms with van der Waals surface area (Å²) in [6.07, 6.45) is 17.7. The van der Waals surface area contributed by atoms with Gasteiger partial charge in [-0.1, -0.05) is 37.6 Å². The third-order valence-corrected chi connectivity index (χ3v) is 10.9. The average molecular weight is 533 g/mol. The molecule has 0 bridgehead atoms. The molecule has 0 radical (unpaired) electrons. The number of methoxy groups -OCH3 is 1. The van der Waals surface area contributed by atoms with Crippen LogP contribution >= 0.6 is 0 Å². The molecule has 6 rings (SSSR count). The molecule has 6 nitrogen and oxygen atoms in total. The summed E-state index contributed by atoms with van der Waals surface area (Å²) in [6, 6.07) is 6.09. The quantitative estimate of drug-likeness (QED) is 0.336. The summed E-state index contributed by atoms with van der Waals surface area (Å²) < 4.78 is 13.8. The molecule has 4 aliphatic carbocycles. The first-order valence-electron chi connectivity index (χ1n) is 14.8. The largest absolute Gasteiger partial charge is 0.493 e. The molecule has 1 heterocycles. The molecule has 3 saturated carbocycles. The van der Waals surface area contributed by atoms with E-state index < -0.39 is 6.10 Å². The number of aliphatic hydroxyl groups is 2. The molecule has 39 heavy (non-hydrogen) atoms. The normalized spacial score (nSPS) is 36.6. The summed E-state index contributed by atoms with van der Waals surface area (Å²) in [6.45, 7) is 6.25. The zero-order valence-corrected chi connectivity index (χ0v) is 23.7. The minimum absolute atomic E-state index is 0.0781. The number of ether oxygens (including phenoxy) is 2. The van der Waals surface area contributed by atoms with E-state index in [1.165, 1.54) is 12.0 Å². The Hall–Kier alpha value is -2.57. The van der Waals surface area contributed by atoms with E-state index >= 15 is 0 Å². The lowest BCUT2D eigenvalue weighted by molar-refractivity contribution is -0.0685. The van der Waals surface area contributed by atoms with Gasteiger partial charge in [-0.3, -0.25) is 0 Å². The Balaban J connectivity index is 1.17. The zero-order valence-electron chi connectivity index (χ0n) is 23.7. The van der Waals surface area contributed by atoms with Gasteiger partial charge in [0.2, 0.25) is 0 Å². The fraction of sp³-hybridized carbons (Fsp3) is 0.606. The number of nitrogens with zero attached hydrogens (tertiary/aromatic N) is 2. The second-order valence-corrected chi connectivity index (χ2v) is 12.9. The number of hydrogen-bond donors (Lipinski definition) is 2. The molecule has 1 aromatic carbocycles. The Bertz CT molecular complexity index is 1240. The van der Waals surface area contributed by atoms with Gasteiger partial charge < -0.3 is 24.3 Å². The van der Waals surface area contributed by atoms with Crippen LogP contribution in [0.1, 0.15) is 70.8 Å². The topological polar surface area (TPSA) is 76.7 Å². The summed E-state index contributed by atoms with van der Waals surface area (Å²) in [7, 11) is 1.68. The third-order valence-electron chi connectivity index (χ3n) is 10.9. The fourth-order valence-electron chi connectivity index (χ4n) is 8.60. The molecule has 210 valence electrons. The monoisotopic (exact) mass is 532 g/mol. The number of rotatable bonds is 7. The number of aromatic nitrogens is 2. The van der Waals surface area contributed by atoms with Gasteiger partial charge in [0, 0.05) is 24.4 Å². The molecule has 2 aromatic rings. The molecular weight excluding hydrogens is 488 g/mol. The van der Waals surface area contributed by atoms with Crippen molar-refractivity contribution in [3.8, 4) is 11.5 Å². The molecular formula is C33H44N2O4. The second kappa shape index (κ2) is 10.4. The molecule has 0 spiro atoms. The fourth-order valence-corrected chi connectivity index (χ4v) is 8.60. The predicted molar refractivity (Wildman–Crippen MR) is 152 cm³/mol. The first-order chi connectivity index (χ1) is 18.8. The summed E-state index contributed by atoms with van der Waals surface area (Å²) >= 11 is 0. The van der Waals surface area contributed by atoms with Crippen LogP contribution in [0.4, 0.5) is 0 Å². The van der Waals surface area contributed by atoms with Crippen molar-refractivity contribution < 1.29 is 19.7 Å². The summed E-state index contributed by atoms with van der Waals surface area (Å²) in [5, 5.41) is 22.0. The van der Waals surface area contributed by atoms with Crippen LogP contribution in [0.2, 0.25) is 0 Å². The molecule has 3 fully saturated rings. The van der Waals surface area contributed by atoms with Crippen molar-refractivity contribution in [2.75, 3.05) is 13.7 Å². The Morgan fingerprint density at radius 1 is 1.10 bits per heavy atom. The molecule has 0 unspecified atom stereocenters. The van der Waals surface area contributed by atoms with Crippen LogP contribution in [0.25, 0.3) is 6.08 Å².